The first-order chi connectivity index (χ1) is 13.5. The van der Waals surface area contributed by atoms with Crippen molar-refractivity contribution in [2.24, 2.45) is 5.92 Å². The number of para-hydroxylation sites is 1. The molecule has 1 aliphatic rings. The Morgan fingerprint density at radius 3 is 2.43 bits per heavy atom. The Kier molecular flexibility index (Phi) is 6.70. The van der Waals surface area contributed by atoms with Crippen molar-refractivity contribution in [1.29, 1.82) is 0 Å². The Morgan fingerprint density at radius 1 is 1.07 bits per heavy atom. The first kappa shape index (κ1) is 20.4. The number of nitrogens with one attached hydrogen (secondary N) is 1. The lowest BCUT2D eigenvalue weighted by molar-refractivity contribution is -0.126. The molecular weight excluding hydrogens is 376 g/mol. The molecule has 0 aromatic heterocycles. The van der Waals surface area contributed by atoms with Crippen molar-refractivity contribution in [2.45, 2.75) is 26.3 Å². The predicted molar refractivity (Wildman–Crippen MR) is 109 cm³/mol. The quantitative estimate of drug-likeness (QED) is 0.772. The highest BCUT2D eigenvalue weighted by atomic mass is 32.2. The number of amides is 1. The molecule has 6 nitrogen and oxygen atoms in total. The molecule has 0 saturated carbocycles. The summed E-state index contributed by atoms with van der Waals surface area (Å²) in [5, 5.41) is 2.96. The highest BCUT2D eigenvalue weighted by Crippen LogP contribution is 2.23. The number of ether oxygens (including phenoxy) is 1. The third kappa shape index (κ3) is 5.33. The molecule has 0 aliphatic carbocycles. The Labute approximate surface area is 166 Å². The molecule has 1 saturated heterocycles. The van der Waals surface area contributed by atoms with Gasteiger partial charge in [0.05, 0.1) is 5.75 Å². The predicted octanol–water partition coefficient (Wildman–Crippen LogP) is 3.16. The molecule has 1 heterocycles. The van der Waals surface area contributed by atoms with Gasteiger partial charge in [-0.3, -0.25) is 4.79 Å². The van der Waals surface area contributed by atoms with Crippen LogP contribution < -0.4 is 10.1 Å². The second-order valence-electron chi connectivity index (χ2n) is 6.85. The van der Waals surface area contributed by atoms with Crippen molar-refractivity contribution in [3.8, 4) is 11.5 Å². The Morgan fingerprint density at radius 2 is 1.75 bits per heavy atom. The molecule has 150 valence electrons. The zero-order valence-corrected chi connectivity index (χ0v) is 16.8. The number of sulfonamides is 1. The van der Waals surface area contributed by atoms with Crippen molar-refractivity contribution < 1.29 is 17.9 Å². The average Bonchev–Trinajstić information content (AvgIpc) is 2.73. The highest BCUT2D eigenvalue weighted by Gasteiger charge is 2.29. The fourth-order valence-corrected chi connectivity index (χ4v) is 4.39. The molecule has 1 aliphatic heterocycles. The maximum absolute atomic E-state index is 12.5. The van der Waals surface area contributed by atoms with E-state index in [1.54, 1.807) is 6.92 Å². The summed E-state index contributed by atoms with van der Waals surface area (Å²) in [6.45, 7) is 2.88. The second-order valence-corrected chi connectivity index (χ2v) is 9.11. The lowest BCUT2D eigenvalue weighted by Gasteiger charge is -2.30. The Hall–Kier alpha value is -2.38. The van der Waals surface area contributed by atoms with Crippen LogP contribution >= 0.6 is 0 Å². The van der Waals surface area contributed by atoms with Gasteiger partial charge in [0.1, 0.15) is 11.5 Å². The molecule has 0 bridgehead atoms. The van der Waals surface area contributed by atoms with Gasteiger partial charge in [-0.15, -0.1) is 0 Å². The van der Waals surface area contributed by atoms with E-state index in [-0.39, 0.29) is 17.6 Å². The number of nitrogens with zero attached hydrogens (tertiary/aromatic N) is 1. The molecule has 2 aromatic carbocycles. The molecule has 1 fully saturated rings. The number of carbonyl (C=O) groups is 1. The van der Waals surface area contributed by atoms with Gasteiger partial charge >= 0.3 is 0 Å². The summed E-state index contributed by atoms with van der Waals surface area (Å²) in [5.74, 6) is 1.41. The van der Waals surface area contributed by atoms with E-state index in [2.05, 4.69) is 5.32 Å². The number of hydrogen-bond acceptors (Lipinski definition) is 4. The van der Waals surface area contributed by atoms with Crippen LogP contribution in [-0.2, 0) is 21.4 Å². The molecular formula is C21H26N2O4S. The molecule has 3 rings (SSSR count). The van der Waals surface area contributed by atoms with Crippen LogP contribution in [0.2, 0.25) is 0 Å². The number of hydrogen-bond donors (Lipinski definition) is 1. The maximum Gasteiger partial charge on any atom is 0.223 e. The monoisotopic (exact) mass is 402 g/mol. The highest BCUT2D eigenvalue weighted by molar-refractivity contribution is 7.89. The summed E-state index contributed by atoms with van der Waals surface area (Å²) in [4.78, 5) is 12.5. The minimum Gasteiger partial charge on any atom is -0.457 e. The first-order valence-electron chi connectivity index (χ1n) is 9.55. The molecule has 0 unspecified atom stereocenters. The maximum atomic E-state index is 12.5. The fourth-order valence-electron chi connectivity index (χ4n) is 3.26. The van der Waals surface area contributed by atoms with Crippen molar-refractivity contribution in [1.82, 2.24) is 9.62 Å². The lowest BCUT2D eigenvalue weighted by Crippen LogP contribution is -2.43. The van der Waals surface area contributed by atoms with Gasteiger partial charge in [-0.1, -0.05) is 30.3 Å². The van der Waals surface area contributed by atoms with Crippen LogP contribution in [-0.4, -0.2) is 37.5 Å². The van der Waals surface area contributed by atoms with E-state index < -0.39 is 10.0 Å². The molecule has 0 radical (unpaired) electrons. The zero-order valence-electron chi connectivity index (χ0n) is 16.0. The van der Waals surface area contributed by atoms with Crippen LogP contribution in [0.4, 0.5) is 0 Å². The van der Waals surface area contributed by atoms with Crippen LogP contribution in [0.5, 0.6) is 11.5 Å². The smallest absolute Gasteiger partial charge is 0.223 e. The Balaban J connectivity index is 1.51. The molecule has 7 heteroatoms. The van der Waals surface area contributed by atoms with Crippen LogP contribution in [0.3, 0.4) is 0 Å². The molecule has 1 N–H and O–H groups in total. The number of benzene rings is 2. The van der Waals surface area contributed by atoms with Gasteiger partial charge in [0.15, 0.2) is 0 Å². The van der Waals surface area contributed by atoms with Gasteiger partial charge < -0.3 is 10.1 Å². The summed E-state index contributed by atoms with van der Waals surface area (Å²) in [5.41, 5.74) is 0.952. The van der Waals surface area contributed by atoms with E-state index in [4.69, 9.17) is 4.74 Å². The standard InChI is InChI=1S/C21H26N2O4S/c1-2-28(25,26)23-13-11-18(12-14-23)21(24)22-16-17-7-6-10-20(15-17)27-19-8-4-3-5-9-19/h3-10,15,18H,2,11-14,16H2,1H3,(H,22,24). The lowest BCUT2D eigenvalue weighted by atomic mass is 9.97. The molecule has 2 aromatic rings. The van der Waals surface area contributed by atoms with Crippen molar-refractivity contribution in [3.05, 3.63) is 60.2 Å². The van der Waals surface area contributed by atoms with Crippen molar-refractivity contribution in [3.63, 3.8) is 0 Å². The third-order valence-electron chi connectivity index (χ3n) is 4.93. The molecule has 0 spiro atoms. The van der Waals surface area contributed by atoms with Crippen LogP contribution in [0.25, 0.3) is 0 Å². The molecule has 0 atom stereocenters. The van der Waals surface area contributed by atoms with Gasteiger partial charge in [-0.2, -0.15) is 0 Å². The number of piperidine rings is 1. The summed E-state index contributed by atoms with van der Waals surface area (Å²) in [6, 6.07) is 17.2. The summed E-state index contributed by atoms with van der Waals surface area (Å²) >= 11 is 0. The summed E-state index contributed by atoms with van der Waals surface area (Å²) < 4.78 is 31.1. The minimum atomic E-state index is -3.17. The zero-order chi connectivity index (χ0) is 20.0. The third-order valence-corrected chi connectivity index (χ3v) is 6.81. The summed E-state index contributed by atoms with van der Waals surface area (Å²) in [7, 11) is -3.17. The topological polar surface area (TPSA) is 75.7 Å². The molecule has 1 amide bonds. The van der Waals surface area contributed by atoms with Crippen LogP contribution in [0.15, 0.2) is 54.6 Å². The van der Waals surface area contributed by atoms with Gasteiger partial charge in [-0.05, 0) is 49.6 Å². The number of rotatable bonds is 7. The largest absolute Gasteiger partial charge is 0.457 e. The SMILES string of the molecule is CCS(=O)(=O)N1CCC(C(=O)NCc2cccc(Oc3ccccc3)c2)CC1. The van der Waals surface area contributed by atoms with Gasteiger partial charge in [0.2, 0.25) is 15.9 Å². The van der Waals surface area contributed by atoms with E-state index in [9.17, 15) is 13.2 Å². The minimum absolute atomic E-state index is 0.0251. The second kappa shape index (κ2) is 9.21. The van der Waals surface area contributed by atoms with E-state index >= 15 is 0 Å². The van der Waals surface area contributed by atoms with Crippen LogP contribution in [0.1, 0.15) is 25.3 Å². The fraction of sp³-hybridized carbons (Fsp3) is 0.381. The van der Waals surface area contributed by atoms with Crippen LogP contribution in [0, 0.1) is 5.92 Å². The van der Waals surface area contributed by atoms with E-state index in [0.717, 1.165) is 17.1 Å². The van der Waals surface area contributed by atoms with E-state index in [1.165, 1.54) is 4.31 Å². The van der Waals surface area contributed by atoms with E-state index in [0.29, 0.717) is 32.5 Å². The van der Waals surface area contributed by atoms with Crippen molar-refractivity contribution in [2.75, 3.05) is 18.8 Å². The van der Waals surface area contributed by atoms with Crippen molar-refractivity contribution >= 4 is 15.9 Å². The summed E-state index contributed by atoms with van der Waals surface area (Å²) in [6.07, 6.45) is 1.12. The first-order valence-corrected chi connectivity index (χ1v) is 11.2. The number of carbonyl (C=O) groups excluding carboxylic acids is 1. The van der Waals surface area contributed by atoms with Gasteiger partial charge in [0.25, 0.3) is 0 Å². The normalized spacial score (nSPS) is 15.9. The Bertz CT molecular complexity index is 892. The van der Waals surface area contributed by atoms with Gasteiger partial charge in [0, 0.05) is 25.6 Å². The van der Waals surface area contributed by atoms with E-state index in [1.807, 2.05) is 54.6 Å². The van der Waals surface area contributed by atoms with Gasteiger partial charge in [-0.25, -0.2) is 12.7 Å². The average molecular weight is 403 g/mol. The molecule has 28 heavy (non-hydrogen) atoms.